The zero-order valence-electron chi connectivity index (χ0n) is 11.8. The number of nitrogens with one attached hydrogen (secondary N) is 1. The molecule has 0 aliphatic rings. The Hall–Kier alpha value is -1.04. The van der Waals surface area contributed by atoms with E-state index in [0.717, 1.165) is 12.1 Å². The lowest BCUT2D eigenvalue weighted by molar-refractivity contribution is 0.404. The molecule has 1 heterocycles. The van der Waals surface area contributed by atoms with Crippen LogP contribution >= 0.6 is 0 Å². The van der Waals surface area contributed by atoms with E-state index in [2.05, 4.69) is 30.6 Å². The molecule has 0 fully saturated rings. The number of rotatable bonds is 5. The van der Waals surface area contributed by atoms with Crippen molar-refractivity contribution in [1.82, 2.24) is 9.78 Å². The van der Waals surface area contributed by atoms with Crippen LogP contribution < -0.4 is 4.72 Å². The van der Waals surface area contributed by atoms with E-state index in [1.807, 2.05) is 6.92 Å². The van der Waals surface area contributed by atoms with Gasteiger partial charge in [0.1, 0.15) is 5.82 Å². The van der Waals surface area contributed by atoms with Crippen LogP contribution in [0.3, 0.4) is 0 Å². The van der Waals surface area contributed by atoms with Crippen LogP contribution in [0.25, 0.3) is 0 Å². The van der Waals surface area contributed by atoms with Crippen LogP contribution in [0.1, 0.15) is 39.8 Å². The van der Waals surface area contributed by atoms with E-state index >= 15 is 0 Å². The molecule has 6 heteroatoms. The average molecular weight is 273 g/mol. The van der Waals surface area contributed by atoms with Crippen molar-refractivity contribution in [2.24, 2.45) is 12.5 Å². The topological polar surface area (TPSA) is 64.0 Å². The SMILES string of the molecule is CCCS(=O)(=O)Nc1cc(CC(C)(C)C)nn1C. The number of aromatic nitrogens is 2. The third-order valence-corrected chi connectivity index (χ3v) is 3.84. The quantitative estimate of drug-likeness (QED) is 0.894. The molecule has 1 rings (SSSR count). The minimum absolute atomic E-state index is 0.132. The lowest BCUT2D eigenvalue weighted by atomic mass is 9.91. The maximum Gasteiger partial charge on any atom is 0.233 e. The van der Waals surface area contributed by atoms with E-state index in [9.17, 15) is 8.42 Å². The van der Waals surface area contributed by atoms with Gasteiger partial charge >= 0.3 is 0 Å². The Kier molecular flexibility index (Phi) is 4.42. The fourth-order valence-electron chi connectivity index (χ4n) is 1.73. The van der Waals surface area contributed by atoms with Gasteiger partial charge in [-0.3, -0.25) is 9.40 Å². The Morgan fingerprint density at radius 2 is 2.00 bits per heavy atom. The molecule has 1 aromatic rings. The van der Waals surface area contributed by atoms with Crippen LogP contribution in [-0.4, -0.2) is 24.0 Å². The molecular weight excluding hydrogens is 250 g/mol. The van der Waals surface area contributed by atoms with Crippen molar-refractivity contribution in [3.05, 3.63) is 11.8 Å². The highest BCUT2D eigenvalue weighted by atomic mass is 32.2. The molecular formula is C12H23N3O2S. The fraction of sp³-hybridized carbons (Fsp3) is 0.750. The summed E-state index contributed by atoms with van der Waals surface area (Å²) in [4.78, 5) is 0. The summed E-state index contributed by atoms with van der Waals surface area (Å²) in [6.45, 7) is 8.22. The van der Waals surface area contributed by atoms with E-state index in [4.69, 9.17) is 0 Å². The molecule has 5 nitrogen and oxygen atoms in total. The summed E-state index contributed by atoms with van der Waals surface area (Å²) in [5.41, 5.74) is 1.03. The van der Waals surface area contributed by atoms with Crippen LogP contribution in [0.4, 0.5) is 5.82 Å². The van der Waals surface area contributed by atoms with E-state index < -0.39 is 10.0 Å². The monoisotopic (exact) mass is 273 g/mol. The molecule has 0 aliphatic carbocycles. The van der Waals surface area contributed by atoms with E-state index in [0.29, 0.717) is 12.2 Å². The fourth-order valence-corrected chi connectivity index (χ4v) is 2.88. The zero-order valence-corrected chi connectivity index (χ0v) is 12.6. The van der Waals surface area contributed by atoms with E-state index in [1.165, 1.54) is 0 Å². The van der Waals surface area contributed by atoms with Crippen molar-refractivity contribution in [1.29, 1.82) is 0 Å². The Balaban J connectivity index is 2.86. The number of sulfonamides is 1. The highest BCUT2D eigenvalue weighted by Gasteiger charge is 2.17. The molecule has 104 valence electrons. The molecule has 0 aliphatic heterocycles. The minimum atomic E-state index is -3.25. The number of nitrogens with zero attached hydrogens (tertiary/aromatic N) is 2. The summed E-state index contributed by atoms with van der Waals surface area (Å²) in [7, 11) is -1.50. The lowest BCUT2D eigenvalue weighted by Gasteiger charge is -2.15. The van der Waals surface area contributed by atoms with Crippen LogP contribution in [0.15, 0.2) is 6.07 Å². The molecule has 1 N–H and O–H groups in total. The molecule has 0 radical (unpaired) electrons. The smallest absolute Gasteiger partial charge is 0.233 e. The average Bonchev–Trinajstić information content (AvgIpc) is 2.41. The Morgan fingerprint density at radius 3 is 2.50 bits per heavy atom. The summed E-state index contributed by atoms with van der Waals surface area (Å²) in [6, 6.07) is 1.80. The van der Waals surface area contributed by atoms with Gasteiger partial charge in [0.05, 0.1) is 11.4 Å². The molecule has 0 atom stereocenters. The second-order valence-electron chi connectivity index (χ2n) is 5.80. The predicted molar refractivity (Wildman–Crippen MR) is 74.1 cm³/mol. The molecule has 0 saturated carbocycles. The van der Waals surface area contributed by atoms with Crippen molar-refractivity contribution in [2.45, 2.75) is 40.5 Å². The summed E-state index contributed by atoms with van der Waals surface area (Å²) < 4.78 is 27.5. The maximum absolute atomic E-state index is 11.7. The molecule has 0 unspecified atom stereocenters. The van der Waals surface area contributed by atoms with Crippen LogP contribution in [0, 0.1) is 5.41 Å². The summed E-state index contributed by atoms with van der Waals surface area (Å²) in [5, 5.41) is 4.33. The van der Waals surface area contributed by atoms with Gasteiger partial charge in [-0.25, -0.2) is 8.42 Å². The van der Waals surface area contributed by atoms with Gasteiger partial charge in [0.2, 0.25) is 10.0 Å². The summed E-state index contributed by atoms with van der Waals surface area (Å²) >= 11 is 0. The largest absolute Gasteiger partial charge is 0.268 e. The number of hydrogen-bond donors (Lipinski definition) is 1. The van der Waals surface area contributed by atoms with Crippen molar-refractivity contribution < 1.29 is 8.42 Å². The second kappa shape index (κ2) is 5.30. The molecule has 0 aromatic carbocycles. The molecule has 1 aromatic heterocycles. The number of aryl methyl sites for hydroxylation is 1. The van der Waals surface area contributed by atoms with Gasteiger partial charge in [-0.2, -0.15) is 5.10 Å². The normalized spacial score (nSPS) is 12.7. The molecule has 18 heavy (non-hydrogen) atoms. The molecule has 0 bridgehead atoms. The third-order valence-electron chi connectivity index (χ3n) is 2.37. The van der Waals surface area contributed by atoms with Crippen molar-refractivity contribution >= 4 is 15.8 Å². The Labute approximate surface area is 110 Å². The maximum atomic E-state index is 11.7. The van der Waals surface area contributed by atoms with Gasteiger partial charge in [0.25, 0.3) is 0 Å². The standard InChI is InChI=1S/C12H23N3O2S/c1-6-7-18(16,17)14-11-8-10(13-15(11)5)9-12(2,3)4/h8,14H,6-7,9H2,1-5H3. The second-order valence-corrected chi connectivity index (χ2v) is 7.64. The van der Waals surface area contributed by atoms with E-state index in [1.54, 1.807) is 17.8 Å². The minimum Gasteiger partial charge on any atom is -0.268 e. The van der Waals surface area contributed by atoms with Gasteiger partial charge in [-0.1, -0.05) is 27.7 Å². The first-order valence-corrected chi connectivity index (χ1v) is 7.81. The summed E-state index contributed by atoms with van der Waals surface area (Å²) in [5.74, 6) is 0.662. The zero-order chi connectivity index (χ0) is 14.0. The van der Waals surface area contributed by atoms with Crippen molar-refractivity contribution in [2.75, 3.05) is 10.5 Å². The van der Waals surface area contributed by atoms with E-state index in [-0.39, 0.29) is 11.2 Å². The Bertz CT molecular complexity index is 498. The van der Waals surface area contributed by atoms with Crippen molar-refractivity contribution in [3.8, 4) is 0 Å². The Morgan fingerprint density at radius 1 is 1.39 bits per heavy atom. The number of hydrogen-bond acceptors (Lipinski definition) is 3. The van der Waals surface area contributed by atoms with Gasteiger partial charge in [0.15, 0.2) is 0 Å². The van der Waals surface area contributed by atoms with Gasteiger partial charge in [0, 0.05) is 13.1 Å². The van der Waals surface area contributed by atoms with Crippen molar-refractivity contribution in [3.63, 3.8) is 0 Å². The first kappa shape index (κ1) is 15.0. The van der Waals surface area contributed by atoms with Crippen LogP contribution in [0.5, 0.6) is 0 Å². The third kappa shape index (κ3) is 4.68. The molecule has 0 saturated heterocycles. The predicted octanol–water partition coefficient (Wildman–Crippen LogP) is 2.16. The van der Waals surface area contributed by atoms with Gasteiger partial charge < -0.3 is 0 Å². The first-order chi connectivity index (χ1) is 8.13. The molecule has 0 amide bonds. The summed E-state index contributed by atoms with van der Waals surface area (Å²) in [6.07, 6.45) is 1.42. The first-order valence-electron chi connectivity index (χ1n) is 6.16. The molecule has 0 spiro atoms. The number of anilines is 1. The van der Waals surface area contributed by atoms with Crippen LogP contribution in [0.2, 0.25) is 0 Å². The lowest BCUT2D eigenvalue weighted by Crippen LogP contribution is -2.18. The highest BCUT2D eigenvalue weighted by molar-refractivity contribution is 7.92. The highest BCUT2D eigenvalue weighted by Crippen LogP contribution is 2.22. The van der Waals surface area contributed by atoms with Crippen LogP contribution in [-0.2, 0) is 23.5 Å². The van der Waals surface area contributed by atoms with Gasteiger partial charge in [-0.05, 0) is 18.3 Å². The van der Waals surface area contributed by atoms with Gasteiger partial charge in [-0.15, -0.1) is 0 Å².